The van der Waals surface area contributed by atoms with Gasteiger partial charge in [0, 0.05) is 24.7 Å². The number of nitrogens with one attached hydrogen (secondary N) is 1. The fourth-order valence-electron chi connectivity index (χ4n) is 3.02. The number of nitrogens with zero attached hydrogens (tertiary/aromatic N) is 1. The lowest BCUT2D eigenvalue weighted by Crippen LogP contribution is -2.28. The summed E-state index contributed by atoms with van der Waals surface area (Å²) in [6.07, 6.45) is -0.0300. The fourth-order valence-corrected chi connectivity index (χ4v) is 3.02. The summed E-state index contributed by atoms with van der Waals surface area (Å²) in [7, 11) is 1.56. The van der Waals surface area contributed by atoms with Gasteiger partial charge < -0.3 is 15.0 Å². The lowest BCUT2D eigenvalue weighted by Gasteiger charge is -2.17. The van der Waals surface area contributed by atoms with Gasteiger partial charge in [-0.1, -0.05) is 0 Å². The molecule has 1 atom stereocenters. The lowest BCUT2D eigenvalue weighted by atomic mass is 10.1. The highest BCUT2D eigenvalue weighted by molar-refractivity contribution is 6.03. The van der Waals surface area contributed by atoms with Crippen LogP contribution in [-0.4, -0.2) is 25.5 Å². The number of carbonyl (C=O) groups excluding carboxylic acids is 2. The monoisotopic (exact) mass is 360 g/mol. The first-order valence-electron chi connectivity index (χ1n) is 8.10. The highest BCUT2D eigenvalue weighted by atomic mass is 19.1. The van der Waals surface area contributed by atoms with E-state index in [2.05, 4.69) is 5.32 Å². The molecule has 1 aliphatic heterocycles. The number of benzene rings is 2. The van der Waals surface area contributed by atoms with E-state index < -0.39 is 17.6 Å². The summed E-state index contributed by atoms with van der Waals surface area (Å²) in [4.78, 5) is 25.8. The summed E-state index contributed by atoms with van der Waals surface area (Å²) in [6.45, 7) is 1.90. The van der Waals surface area contributed by atoms with E-state index in [-0.39, 0.29) is 30.5 Å². The van der Waals surface area contributed by atoms with Crippen molar-refractivity contribution in [1.82, 2.24) is 0 Å². The third kappa shape index (κ3) is 3.51. The molecule has 0 bridgehead atoms. The first kappa shape index (κ1) is 17.8. The molecule has 1 unspecified atom stereocenters. The quantitative estimate of drug-likeness (QED) is 0.910. The average Bonchev–Trinajstić information content (AvgIpc) is 2.97. The maximum Gasteiger partial charge on any atom is 0.229 e. The van der Waals surface area contributed by atoms with Crippen LogP contribution in [0.2, 0.25) is 0 Å². The van der Waals surface area contributed by atoms with Gasteiger partial charge in [0.25, 0.3) is 0 Å². The van der Waals surface area contributed by atoms with E-state index >= 15 is 0 Å². The van der Waals surface area contributed by atoms with Crippen LogP contribution in [0.3, 0.4) is 0 Å². The van der Waals surface area contributed by atoms with Crippen molar-refractivity contribution in [3.8, 4) is 5.75 Å². The van der Waals surface area contributed by atoms with E-state index in [1.807, 2.05) is 6.92 Å². The molecule has 0 radical (unpaired) electrons. The molecule has 7 heteroatoms. The summed E-state index contributed by atoms with van der Waals surface area (Å²) in [5.41, 5.74) is 1.43. The molecule has 1 fully saturated rings. The van der Waals surface area contributed by atoms with Crippen molar-refractivity contribution in [2.24, 2.45) is 5.92 Å². The van der Waals surface area contributed by atoms with Crippen LogP contribution in [0.4, 0.5) is 20.2 Å². The van der Waals surface area contributed by atoms with Crippen LogP contribution in [0.5, 0.6) is 5.75 Å². The summed E-state index contributed by atoms with van der Waals surface area (Å²) in [6, 6.07) is 8.22. The molecule has 5 nitrogen and oxygen atoms in total. The van der Waals surface area contributed by atoms with E-state index in [1.165, 1.54) is 11.0 Å². The van der Waals surface area contributed by atoms with Gasteiger partial charge in [0.1, 0.15) is 17.4 Å². The number of halogens is 2. The molecule has 2 aromatic rings. The minimum atomic E-state index is -0.829. The Bertz CT molecular complexity index is 870. The molecule has 1 N–H and O–H groups in total. The van der Waals surface area contributed by atoms with E-state index in [0.717, 1.165) is 17.7 Å². The Hall–Kier alpha value is -2.96. The maximum absolute atomic E-state index is 13.9. The van der Waals surface area contributed by atoms with Crippen LogP contribution in [0.1, 0.15) is 12.0 Å². The third-order valence-corrected chi connectivity index (χ3v) is 4.36. The van der Waals surface area contributed by atoms with Crippen LogP contribution in [0, 0.1) is 24.5 Å². The van der Waals surface area contributed by atoms with Gasteiger partial charge in [-0.2, -0.15) is 0 Å². The minimum absolute atomic E-state index is 0.0213. The lowest BCUT2D eigenvalue weighted by molar-refractivity contribution is -0.122. The van der Waals surface area contributed by atoms with Gasteiger partial charge >= 0.3 is 0 Å². The van der Waals surface area contributed by atoms with E-state index in [4.69, 9.17) is 4.74 Å². The van der Waals surface area contributed by atoms with Crippen molar-refractivity contribution in [2.75, 3.05) is 23.9 Å². The molecule has 2 amide bonds. The second kappa shape index (κ2) is 7.11. The Morgan fingerprint density at radius 1 is 1.23 bits per heavy atom. The number of ether oxygens (including phenoxy) is 1. The number of rotatable bonds is 4. The summed E-state index contributed by atoms with van der Waals surface area (Å²) < 4.78 is 32.1. The zero-order valence-corrected chi connectivity index (χ0v) is 14.4. The molecule has 0 aliphatic carbocycles. The van der Waals surface area contributed by atoms with E-state index in [0.29, 0.717) is 11.4 Å². The average molecular weight is 360 g/mol. The Morgan fingerprint density at radius 3 is 2.65 bits per heavy atom. The predicted octanol–water partition coefficient (Wildman–Crippen LogP) is 3.27. The van der Waals surface area contributed by atoms with Gasteiger partial charge in [0.15, 0.2) is 0 Å². The highest BCUT2D eigenvalue weighted by Crippen LogP contribution is 2.29. The van der Waals surface area contributed by atoms with Crippen molar-refractivity contribution in [2.45, 2.75) is 13.3 Å². The Balaban J connectivity index is 1.71. The second-order valence-electron chi connectivity index (χ2n) is 6.17. The zero-order valence-electron chi connectivity index (χ0n) is 14.4. The molecular formula is C19H18F2N2O3. The molecule has 0 spiro atoms. The van der Waals surface area contributed by atoms with Crippen LogP contribution >= 0.6 is 0 Å². The van der Waals surface area contributed by atoms with Crippen LogP contribution < -0.4 is 15.0 Å². The third-order valence-electron chi connectivity index (χ3n) is 4.36. The number of anilines is 2. The van der Waals surface area contributed by atoms with Gasteiger partial charge in [-0.25, -0.2) is 8.78 Å². The second-order valence-corrected chi connectivity index (χ2v) is 6.17. The van der Waals surface area contributed by atoms with Crippen molar-refractivity contribution in [1.29, 1.82) is 0 Å². The van der Waals surface area contributed by atoms with Gasteiger partial charge in [0.2, 0.25) is 11.8 Å². The molecule has 1 aliphatic rings. The van der Waals surface area contributed by atoms with E-state index in [9.17, 15) is 18.4 Å². The highest BCUT2D eigenvalue weighted by Gasteiger charge is 2.36. The van der Waals surface area contributed by atoms with Crippen LogP contribution in [0.15, 0.2) is 36.4 Å². The normalized spacial score (nSPS) is 16.7. The first-order valence-corrected chi connectivity index (χ1v) is 8.10. The van der Waals surface area contributed by atoms with Gasteiger partial charge in [-0.15, -0.1) is 0 Å². The zero-order chi connectivity index (χ0) is 18.8. The van der Waals surface area contributed by atoms with Gasteiger partial charge in [0.05, 0.1) is 18.7 Å². The molecule has 136 valence electrons. The molecule has 2 aromatic carbocycles. The van der Waals surface area contributed by atoms with Crippen molar-refractivity contribution in [3.63, 3.8) is 0 Å². The van der Waals surface area contributed by atoms with Crippen molar-refractivity contribution in [3.05, 3.63) is 53.6 Å². The Kier molecular flexibility index (Phi) is 4.88. The van der Waals surface area contributed by atoms with Crippen LogP contribution in [-0.2, 0) is 9.59 Å². The fraction of sp³-hybridized carbons (Fsp3) is 0.263. The smallest absolute Gasteiger partial charge is 0.229 e. The summed E-state index contributed by atoms with van der Waals surface area (Å²) >= 11 is 0. The SMILES string of the molecule is COc1ccc(NC(=O)C2CC(=O)N(c3ccc(F)cc3F)C2)cc1C. The first-order chi connectivity index (χ1) is 12.4. The molecule has 1 saturated heterocycles. The number of aryl methyl sites for hydroxylation is 1. The number of hydrogen-bond acceptors (Lipinski definition) is 3. The molecule has 1 heterocycles. The number of hydrogen-bond donors (Lipinski definition) is 1. The van der Waals surface area contributed by atoms with Gasteiger partial charge in [-0.3, -0.25) is 9.59 Å². The standard InChI is InChI=1S/C19H18F2N2O3/c1-11-7-14(4-6-17(11)26-2)22-19(25)12-8-18(24)23(10-12)16-5-3-13(20)9-15(16)21/h3-7,9,12H,8,10H2,1-2H3,(H,22,25). The van der Waals surface area contributed by atoms with Gasteiger partial charge in [-0.05, 0) is 42.8 Å². The maximum atomic E-state index is 13.9. The molecule has 3 rings (SSSR count). The number of carbonyl (C=O) groups is 2. The Labute approximate surface area is 149 Å². The summed E-state index contributed by atoms with van der Waals surface area (Å²) in [5, 5.41) is 2.77. The van der Waals surface area contributed by atoms with Crippen molar-refractivity contribution >= 4 is 23.2 Å². The molecular weight excluding hydrogens is 342 g/mol. The number of methoxy groups -OCH3 is 1. The topological polar surface area (TPSA) is 58.6 Å². The molecule has 0 saturated carbocycles. The minimum Gasteiger partial charge on any atom is -0.496 e. The van der Waals surface area contributed by atoms with Crippen molar-refractivity contribution < 1.29 is 23.1 Å². The molecule has 26 heavy (non-hydrogen) atoms. The predicted molar refractivity (Wildman–Crippen MR) is 93.2 cm³/mol. The number of amides is 2. The van der Waals surface area contributed by atoms with Crippen LogP contribution in [0.25, 0.3) is 0 Å². The van der Waals surface area contributed by atoms with E-state index in [1.54, 1.807) is 25.3 Å². The Morgan fingerprint density at radius 2 is 2.00 bits per heavy atom. The summed E-state index contributed by atoms with van der Waals surface area (Å²) in [5.74, 6) is -2.16. The largest absolute Gasteiger partial charge is 0.496 e. The molecule has 0 aromatic heterocycles.